The van der Waals surface area contributed by atoms with E-state index in [0.29, 0.717) is 24.5 Å². The third-order valence-electron chi connectivity index (χ3n) is 11.0. The summed E-state index contributed by atoms with van der Waals surface area (Å²) in [6.07, 6.45) is 41.4. The first-order valence-electron chi connectivity index (χ1n) is 24.3. The number of nitrogens with two attached hydrogens (primary N) is 2. The Morgan fingerprint density at radius 3 is 1.84 bits per heavy atom. The Hall–Kier alpha value is -8.15. The minimum absolute atomic E-state index is 0.526. The number of terminal acetylenes is 2. The lowest BCUT2D eigenvalue weighted by Gasteiger charge is -2.14. The van der Waals surface area contributed by atoms with Crippen molar-refractivity contribution < 1.29 is 0 Å². The molecule has 0 amide bonds. The molecule has 0 bridgehead atoms. The van der Waals surface area contributed by atoms with Crippen molar-refractivity contribution in [3.05, 3.63) is 233 Å². The molecule has 6 aromatic heterocycles. The van der Waals surface area contributed by atoms with Crippen LogP contribution in [0.4, 0.5) is 0 Å². The summed E-state index contributed by atoms with van der Waals surface area (Å²) < 4.78 is 0. The number of aromatic nitrogens is 5. The highest BCUT2D eigenvalue weighted by molar-refractivity contribution is 7.13. The van der Waals surface area contributed by atoms with Crippen LogP contribution in [0.15, 0.2) is 221 Å². The molecule has 0 spiro atoms. The Morgan fingerprint density at radius 2 is 1.31 bits per heavy atom. The SMILES string of the molecule is C#C.C#C.C=C/C(=C\C(=C/C)C(=C)/C=C(Cc1cc2c(-c3cccs3)nccc2[nH]1)\C(N)=C/C)NC(=C)CC(C)C.C=C/C=C(C)\C(=C/C)C(=C)/C=C(Cc1nc2c(-c3cccs3)nccc2[nH]1)\C(N)=C/C.CC. The van der Waals surface area contributed by atoms with E-state index in [4.69, 9.17) is 16.5 Å². The molecule has 0 saturated heterocycles. The Bertz CT molecular complexity index is 3110. The van der Waals surface area contributed by atoms with E-state index in [1.165, 1.54) is 0 Å². The highest BCUT2D eigenvalue weighted by Crippen LogP contribution is 2.32. The van der Waals surface area contributed by atoms with Crippen LogP contribution < -0.4 is 16.8 Å². The maximum Gasteiger partial charge on any atom is 0.116 e. The Labute approximate surface area is 450 Å². The molecule has 6 aromatic rings. The van der Waals surface area contributed by atoms with Crippen LogP contribution in [0.25, 0.3) is 43.1 Å². The minimum atomic E-state index is 0.526. The predicted octanol–water partition coefficient (Wildman–Crippen LogP) is 16.5. The number of hydrogen-bond acceptors (Lipinski definition) is 8. The molecule has 384 valence electrons. The van der Waals surface area contributed by atoms with Crippen LogP contribution in [0.2, 0.25) is 0 Å². The number of rotatable bonds is 20. The average molecular weight is 1020 g/mol. The van der Waals surface area contributed by atoms with Gasteiger partial charge in [-0.15, -0.1) is 48.4 Å². The molecule has 8 nitrogen and oxygen atoms in total. The third-order valence-corrected chi connectivity index (χ3v) is 12.7. The highest BCUT2D eigenvalue weighted by atomic mass is 32.1. The van der Waals surface area contributed by atoms with Gasteiger partial charge in [0, 0.05) is 64.6 Å². The van der Waals surface area contributed by atoms with Crippen molar-refractivity contribution in [1.82, 2.24) is 30.2 Å². The molecule has 0 atom stereocenters. The summed E-state index contributed by atoms with van der Waals surface area (Å²) in [7, 11) is 0. The van der Waals surface area contributed by atoms with Crippen molar-refractivity contribution in [2.45, 2.75) is 81.6 Å². The summed E-state index contributed by atoms with van der Waals surface area (Å²) in [6, 6.07) is 14.4. The van der Waals surface area contributed by atoms with Crippen molar-refractivity contribution in [3.8, 4) is 46.8 Å². The van der Waals surface area contributed by atoms with Crippen LogP contribution in [0.3, 0.4) is 0 Å². The van der Waals surface area contributed by atoms with Crippen molar-refractivity contribution in [2.24, 2.45) is 17.4 Å². The van der Waals surface area contributed by atoms with Gasteiger partial charge in [-0.1, -0.05) is 109 Å². The van der Waals surface area contributed by atoms with E-state index in [0.717, 1.165) is 117 Å². The van der Waals surface area contributed by atoms with Gasteiger partial charge in [-0.2, -0.15) is 0 Å². The molecule has 0 aliphatic heterocycles. The summed E-state index contributed by atoms with van der Waals surface area (Å²) in [5.74, 6) is 1.36. The van der Waals surface area contributed by atoms with Gasteiger partial charge in [-0.3, -0.25) is 9.97 Å². The van der Waals surface area contributed by atoms with Gasteiger partial charge in [0.15, 0.2) is 0 Å². The number of nitrogens with zero attached hydrogens (tertiary/aromatic N) is 3. The fraction of sp³-hybridized carbons (Fsp3) is 0.203. The predicted molar refractivity (Wildman–Crippen MR) is 327 cm³/mol. The van der Waals surface area contributed by atoms with E-state index in [1.54, 1.807) is 34.8 Å². The largest absolute Gasteiger partial charge is 0.399 e. The van der Waals surface area contributed by atoms with Gasteiger partial charge in [0.25, 0.3) is 0 Å². The topological polar surface area (TPSA) is 134 Å². The lowest BCUT2D eigenvalue weighted by molar-refractivity contribution is 0.622. The number of aromatic amines is 2. The van der Waals surface area contributed by atoms with Crippen molar-refractivity contribution in [3.63, 3.8) is 0 Å². The van der Waals surface area contributed by atoms with E-state index < -0.39 is 0 Å². The fourth-order valence-electron chi connectivity index (χ4n) is 7.65. The van der Waals surface area contributed by atoms with Gasteiger partial charge in [0.1, 0.15) is 17.0 Å². The van der Waals surface area contributed by atoms with Gasteiger partial charge < -0.3 is 26.8 Å². The first-order valence-corrected chi connectivity index (χ1v) is 26.1. The van der Waals surface area contributed by atoms with E-state index in [-0.39, 0.29) is 0 Å². The normalized spacial score (nSPS) is 12.5. The molecule has 0 aliphatic carbocycles. The smallest absolute Gasteiger partial charge is 0.116 e. The molecular weight excluding hydrogens is 945 g/mol. The zero-order valence-electron chi connectivity index (χ0n) is 45.0. The zero-order chi connectivity index (χ0) is 55.3. The fourth-order valence-corrected chi connectivity index (χ4v) is 9.10. The molecule has 10 heteroatoms. The Balaban J connectivity index is 0.000000466. The second kappa shape index (κ2) is 32.7. The van der Waals surface area contributed by atoms with Crippen LogP contribution in [0.1, 0.15) is 80.3 Å². The summed E-state index contributed by atoms with van der Waals surface area (Å²) in [5.41, 5.74) is 28.8. The summed E-state index contributed by atoms with van der Waals surface area (Å²) in [5, 5.41) is 8.60. The highest BCUT2D eigenvalue weighted by Gasteiger charge is 2.15. The van der Waals surface area contributed by atoms with Crippen LogP contribution in [-0.2, 0) is 12.8 Å². The van der Waals surface area contributed by atoms with E-state index in [9.17, 15) is 0 Å². The van der Waals surface area contributed by atoms with Crippen LogP contribution >= 0.6 is 22.7 Å². The molecule has 6 rings (SSSR count). The first kappa shape index (κ1) is 62.0. The van der Waals surface area contributed by atoms with Crippen LogP contribution in [0, 0.1) is 31.6 Å². The van der Waals surface area contributed by atoms with E-state index in [1.807, 2.05) is 127 Å². The molecule has 0 aromatic carbocycles. The van der Waals surface area contributed by atoms with Crippen LogP contribution in [-0.4, -0.2) is 24.9 Å². The zero-order valence-corrected chi connectivity index (χ0v) is 46.6. The molecule has 7 N–H and O–H groups in total. The number of thiophene rings is 2. The molecule has 0 aliphatic rings. The summed E-state index contributed by atoms with van der Waals surface area (Å²) in [6.45, 7) is 38.8. The standard InChI is InChI=1S/C32H38N4S.C26H28N4S.C2H6.2C2H2/c1-8-24(18-26(9-2)35-23(7)16-21(4)5)22(6)17-25(29(33)10-3)19-27-20-28-30(36-27)13-14-34-32(28)31-12-11-15-37-31;1-6-10-17(4)20(7-2)18(5)15-19(21(27)8-3)16-24-29-22-12-13-28-26(25(22)30-24)23-11-9-14-31-23;3*1-2/h8-15,17-18,20-21,35-36H,2,6-7,16,19,33H2,1,3-5H3;6-15H,1,5,16,27H2,2-4H3,(H,29,30);1-2H3;2*1-2H/b24-8+,25-17-,26-18+,29-10+;17-10-,19-15-,20-7+,21-8+;;;. The number of nitrogens with one attached hydrogen (secondary N) is 3. The number of H-pyrrole nitrogens is 2. The van der Waals surface area contributed by atoms with Gasteiger partial charge in [-0.25, -0.2) is 4.98 Å². The third kappa shape index (κ3) is 17.9. The number of fused-ring (bicyclic) bond motifs is 2. The van der Waals surface area contributed by atoms with Crippen molar-refractivity contribution in [1.29, 1.82) is 0 Å². The van der Waals surface area contributed by atoms with Crippen LogP contribution in [0.5, 0.6) is 0 Å². The van der Waals surface area contributed by atoms with Gasteiger partial charge in [0.2, 0.25) is 0 Å². The lowest BCUT2D eigenvalue weighted by atomic mass is 9.96. The number of allylic oxidation sites excluding steroid dienone is 18. The van der Waals surface area contributed by atoms with Crippen molar-refractivity contribution in [2.75, 3.05) is 0 Å². The average Bonchev–Trinajstić information content (AvgIpc) is 4.27. The molecule has 6 heterocycles. The van der Waals surface area contributed by atoms with Crippen molar-refractivity contribution >= 4 is 44.6 Å². The monoisotopic (exact) mass is 1020 g/mol. The molecule has 0 radical (unpaired) electrons. The maximum absolute atomic E-state index is 6.45. The lowest BCUT2D eigenvalue weighted by Crippen LogP contribution is -2.12. The summed E-state index contributed by atoms with van der Waals surface area (Å²) >= 11 is 3.35. The van der Waals surface area contributed by atoms with Gasteiger partial charge >= 0.3 is 0 Å². The molecule has 74 heavy (non-hydrogen) atoms. The molecular formula is C64H76N8S2. The van der Waals surface area contributed by atoms with Gasteiger partial charge in [-0.05, 0) is 151 Å². The van der Waals surface area contributed by atoms with Gasteiger partial charge in [0.05, 0.1) is 21.0 Å². The number of hydrogen-bond donors (Lipinski definition) is 5. The van der Waals surface area contributed by atoms with E-state index in [2.05, 4.69) is 133 Å². The Morgan fingerprint density at radius 1 is 0.743 bits per heavy atom. The number of imidazole rings is 1. The first-order chi connectivity index (χ1) is 35.7. The summed E-state index contributed by atoms with van der Waals surface area (Å²) in [4.78, 5) is 23.3. The minimum Gasteiger partial charge on any atom is -0.399 e. The quantitative estimate of drug-likeness (QED) is 0.0382. The van der Waals surface area contributed by atoms with E-state index >= 15 is 0 Å². The maximum atomic E-state index is 6.45. The Kier molecular flexibility index (Phi) is 27.4. The molecule has 0 saturated carbocycles. The second-order valence-corrected chi connectivity index (χ2v) is 18.4. The second-order valence-electron chi connectivity index (χ2n) is 16.5. The number of pyridine rings is 2. The molecule has 0 fully saturated rings. The molecule has 0 unspecified atom stereocenters.